The summed E-state index contributed by atoms with van der Waals surface area (Å²) < 4.78 is 11.9. The van der Waals surface area contributed by atoms with Crippen molar-refractivity contribution in [1.82, 2.24) is 0 Å². The molecular weight excluding hydrogens is 432 g/mol. The Bertz CT molecular complexity index is 1260. The van der Waals surface area contributed by atoms with Gasteiger partial charge in [-0.05, 0) is 95.3 Å². The highest BCUT2D eigenvalue weighted by Gasteiger charge is 2.14. The number of hydrogen-bond donors (Lipinski definition) is 0. The summed E-state index contributed by atoms with van der Waals surface area (Å²) >= 11 is 0. The maximum atomic E-state index is 12.9. The summed E-state index contributed by atoms with van der Waals surface area (Å²) in [6.07, 6.45) is 0. The van der Waals surface area contributed by atoms with Crippen molar-refractivity contribution in [2.75, 3.05) is 0 Å². The molecule has 0 atom stereocenters. The fourth-order valence-corrected chi connectivity index (χ4v) is 3.73. The highest BCUT2D eigenvalue weighted by molar-refractivity contribution is 6.09. The second kappa shape index (κ2) is 10.2. The van der Waals surface area contributed by atoms with E-state index in [1.807, 2.05) is 48.5 Å². The molecular formula is C32H32O3. The molecule has 0 saturated heterocycles. The molecule has 4 rings (SSSR count). The van der Waals surface area contributed by atoms with Gasteiger partial charge in [0.25, 0.3) is 0 Å². The zero-order chi connectivity index (χ0) is 25.0. The zero-order valence-electron chi connectivity index (χ0n) is 21.0. The molecule has 0 radical (unpaired) electrons. The molecule has 0 spiro atoms. The van der Waals surface area contributed by atoms with Gasteiger partial charge in [-0.3, -0.25) is 4.79 Å². The van der Waals surface area contributed by atoms with E-state index in [1.165, 1.54) is 11.1 Å². The van der Waals surface area contributed by atoms with Crippen LogP contribution in [0.2, 0.25) is 0 Å². The molecule has 35 heavy (non-hydrogen) atoms. The van der Waals surface area contributed by atoms with E-state index >= 15 is 0 Å². The van der Waals surface area contributed by atoms with Crippen LogP contribution in [0.4, 0.5) is 0 Å². The van der Waals surface area contributed by atoms with Crippen LogP contribution < -0.4 is 9.47 Å². The molecule has 3 nitrogen and oxygen atoms in total. The maximum absolute atomic E-state index is 12.9. The fraction of sp³-hybridized carbons (Fsp3) is 0.219. The van der Waals surface area contributed by atoms with Gasteiger partial charge in [0.05, 0.1) is 0 Å². The molecule has 0 bridgehead atoms. The normalized spacial score (nSPS) is 11.4. The average Bonchev–Trinajstić information content (AvgIpc) is 2.85. The molecule has 0 fully saturated rings. The Kier molecular flexibility index (Phi) is 7.07. The van der Waals surface area contributed by atoms with Crippen LogP contribution in [0.5, 0.6) is 23.0 Å². The van der Waals surface area contributed by atoms with Gasteiger partial charge < -0.3 is 9.47 Å². The smallest absolute Gasteiger partial charge is 0.193 e. The summed E-state index contributed by atoms with van der Waals surface area (Å²) in [5.41, 5.74) is 3.85. The number of carbonyl (C=O) groups excluding carboxylic acids is 1. The van der Waals surface area contributed by atoms with Gasteiger partial charge in [-0.2, -0.15) is 0 Å². The van der Waals surface area contributed by atoms with Crippen LogP contribution in [-0.4, -0.2) is 5.78 Å². The summed E-state index contributed by atoms with van der Waals surface area (Å²) in [6, 6.07) is 30.7. The van der Waals surface area contributed by atoms with Crippen molar-refractivity contribution in [3.05, 3.63) is 119 Å². The van der Waals surface area contributed by atoms with Gasteiger partial charge >= 0.3 is 0 Å². The molecule has 0 aliphatic heterocycles. The molecule has 0 amide bonds. The van der Waals surface area contributed by atoms with Crippen molar-refractivity contribution >= 4 is 5.78 Å². The third kappa shape index (κ3) is 6.19. The number of benzene rings is 4. The Morgan fingerprint density at radius 2 is 0.914 bits per heavy atom. The van der Waals surface area contributed by atoms with Gasteiger partial charge in [-0.1, -0.05) is 58.9 Å². The molecule has 178 valence electrons. The first kappa shape index (κ1) is 24.3. The quantitative estimate of drug-likeness (QED) is 0.256. The van der Waals surface area contributed by atoms with Crippen LogP contribution in [0.1, 0.15) is 67.6 Å². The number of ketones is 1. The summed E-state index contributed by atoms with van der Waals surface area (Å²) in [7, 11) is 0. The summed E-state index contributed by atoms with van der Waals surface area (Å²) in [6.45, 7) is 10.9. The first-order chi connectivity index (χ1) is 16.7. The average molecular weight is 465 g/mol. The van der Waals surface area contributed by atoms with Gasteiger partial charge in [0.15, 0.2) is 5.78 Å². The van der Waals surface area contributed by atoms with Crippen LogP contribution in [0.3, 0.4) is 0 Å². The van der Waals surface area contributed by atoms with Crippen LogP contribution in [0.15, 0.2) is 97.1 Å². The molecule has 4 aromatic rings. The third-order valence-corrected chi connectivity index (χ3v) is 5.97. The van der Waals surface area contributed by atoms with Crippen molar-refractivity contribution in [1.29, 1.82) is 0 Å². The van der Waals surface area contributed by atoms with Crippen molar-refractivity contribution in [2.24, 2.45) is 0 Å². The van der Waals surface area contributed by atoms with E-state index in [-0.39, 0.29) is 11.2 Å². The number of ether oxygens (including phenoxy) is 2. The van der Waals surface area contributed by atoms with E-state index in [9.17, 15) is 4.79 Å². The third-order valence-electron chi connectivity index (χ3n) is 5.97. The second-order valence-corrected chi connectivity index (χ2v) is 10.1. The first-order valence-electron chi connectivity index (χ1n) is 12.0. The molecule has 3 heteroatoms. The molecule has 0 aliphatic rings. The molecule has 0 N–H and O–H groups in total. The number of rotatable bonds is 7. The van der Waals surface area contributed by atoms with Gasteiger partial charge in [0, 0.05) is 11.1 Å². The topological polar surface area (TPSA) is 35.5 Å². The Hall–Kier alpha value is -3.85. The molecule has 0 heterocycles. The van der Waals surface area contributed by atoms with Gasteiger partial charge in [0.2, 0.25) is 0 Å². The predicted octanol–water partition coefficient (Wildman–Crippen LogP) is 8.92. The van der Waals surface area contributed by atoms with Crippen molar-refractivity contribution in [3.63, 3.8) is 0 Å². The lowest BCUT2D eigenvalue weighted by Gasteiger charge is -2.19. The fourth-order valence-electron chi connectivity index (χ4n) is 3.73. The lowest BCUT2D eigenvalue weighted by molar-refractivity contribution is 0.103. The van der Waals surface area contributed by atoms with Gasteiger partial charge in [-0.15, -0.1) is 0 Å². The van der Waals surface area contributed by atoms with Gasteiger partial charge in [-0.25, -0.2) is 0 Å². The zero-order valence-corrected chi connectivity index (χ0v) is 21.0. The van der Waals surface area contributed by atoms with Crippen molar-refractivity contribution in [2.45, 2.75) is 46.0 Å². The second-order valence-electron chi connectivity index (χ2n) is 10.1. The van der Waals surface area contributed by atoms with Crippen molar-refractivity contribution < 1.29 is 14.3 Å². The lowest BCUT2D eigenvalue weighted by Crippen LogP contribution is -2.10. The SMILES string of the molecule is CC(C)c1ccc(Oc2ccc(C(=O)c3ccc(Oc4ccc(C(C)(C)C)cc4)cc3)cc2)cc1. The monoisotopic (exact) mass is 464 g/mol. The standard InChI is InChI=1S/C32H32O3/c1-22(2)23-6-14-27(15-7-23)34-28-16-8-24(9-17-28)31(33)25-10-18-29(19-11-25)35-30-20-12-26(13-21-30)32(3,4)5/h6-22H,1-5H3. The van der Waals surface area contributed by atoms with E-state index in [0.29, 0.717) is 28.5 Å². The van der Waals surface area contributed by atoms with E-state index in [0.717, 1.165) is 11.5 Å². The Morgan fingerprint density at radius 1 is 0.571 bits per heavy atom. The first-order valence-corrected chi connectivity index (χ1v) is 12.0. The maximum Gasteiger partial charge on any atom is 0.193 e. The molecule has 0 saturated carbocycles. The van der Waals surface area contributed by atoms with E-state index in [1.54, 1.807) is 24.3 Å². The minimum Gasteiger partial charge on any atom is -0.457 e. The Morgan fingerprint density at radius 3 is 1.26 bits per heavy atom. The minimum atomic E-state index is -0.0427. The molecule has 0 aliphatic carbocycles. The largest absolute Gasteiger partial charge is 0.457 e. The summed E-state index contributed by atoms with van der Waals surface area (Å²) in [5.74, 6) is 3.37. The molecule has 0 aromatic heterocycles. The van der Waals surface area contributed by atoms with Gasteiger partial charge in [0.1, 0.15) is 23.0 Å². The number of carbonyl (C=O) groups is 1. The highest BCUT2D eigenvalue weighted by atomic mass is 16.5. The van der Waals surface area contributed by atoms with Crippen LogP contribution in [0.25, 0.3) is 0 Å². The van der Waals surface area contributed by atoms with E-state index in [2.05, 4.69) is 58.9 Å². The minimum absolute atomic E-state index is 0.0427. The van der Waals surface area contributed by atoms with Crippen LogP contribution in [-0.2, 0) is 5.41 Å². The summed E-state index contributed by atoms with van der Waals surface area (Å²) in [4.78, 5) is 12.9. The predicted molar refractivity (Wildman–Crippen MR) is 142 cm³/mol. The Balaban J connectivity index is 1.38. The number of hydrogen-bond acceptors (Lipinski definition) is 3. The van der Waals surface area contributed by atoms with Crippen LogP contribution >= 0.6 is 0 Å². The molecule has 4 aromatic carbocycles. The molecule has 0 unspecified atom stereocenters. The lowest BCUT2D eigenvalue weighted by atomic mass is 9.87. The van der Waals surface area contributed by atoms with E-state index < -0.39 is 0 Å². The van der Waals surface area contributed by atoms with Crippen molar-refractivity contribution in [3.8, 4) is 23.0 Å². The summed E-state index contributed by atoms with van der Waals surface area (Å²) in [5, 5.41) is 0. The van der Waals surface area contributed by atoms with E-state index in [4.69, 9.17) is 9.47 Å². The van der Waals surface area contributed by atoms with Crippen LogP contribution in [0, 0.1) is 0 Å². The highest BCUT2D eigenvalue weighted by Crippen LogP contribution is 2.28. The Labute approximate surface area is 208 Å².